The maximum atomic E-state index is 10.9. The van der Waals surface area contributed by atoms with Gasteiger partial charge in [-0.05, 0) is 72.6 Å². The lowest BCUT2D eigenvalue weighted by molar-refractivity contribution is 0.101. The third kappa shape index (κ3) is 11.8. The summed E-state index contributed by atoms with van der Waals surface area (Å²) in [5.74, 6) is 2.51. The second kappa shape index (κ2) is 18.8. The van der Waals surface area contributed by atoms with Gasteiger partial charge in [0.25, 0.3) is 0 Å². The van der Waals surface area contributed by atoms with E-state index in [9.17, 15) is 15.0 Å². The van der Waals surface area contributed by atoms with Crippen molar-refractivity contribution in [2.45, 2.75) is 6.92 Å². The molecule has 0 spiro atoms. The average molecular weight is 575 g/mol. The fourth-order valence-corrected chi connectivity index (χ4v) is 3.12. The Bertz CT molecular complexity index is 1430. The van der Waals surface area contributed by atoms with Crippen LogP contribution in [0.5, 0.6) is 40.2 Å². The number of ketones is 1. The number of phenolic OH excluding ortho intramolecular Hbond substituents is 3. The first-order valence-corrected chi connectivity index (χ1v) is 12.6. The molecule has 8 nitrogen and oxygen atoms in total. The van der Waals surface area contributed by atoms with Gasteiger partial charge in [0.1, 0.15) is 5.75 Å². The van der Waals surface area contributed by atoms with Crippen molar-refractivity contribution in [1.82, 2.24) is 0 Å². The Morgan fingerprint density at radius 3 is 1.62 bits per heavy atom. The van der Waals surface area contributed by atoms with E-state index in [0.29, 0.717) is 22.8 Å². The second-order valence-corrected chi connectivity index (χ2v) is 8.23. The molecule has 0 aliphatic heterocycles. The molecule has 0 atom stereocenters. The van der Waals surface area contributed by atoms with E-state index in [-0.39, 0.29) is 23.0 Å². The number of aromatic hydroxyl groups is 3. The van der Waals surface area contributed by atoms with Crippen LogP contribution in [0.4, 0.5) is 0 Å². The van der Waals surface area contributed by atoms with Crippen LogP contribution < -0.4 is 18.9 Å². The van der Waals surface area contributed by atoms with Gasteiger partial charge < -0.3 is 34.3 Å². The van der Waals surface area contributed by atoms with Crippen LogP contribution in [-0.2, 0) is 0 Å². The SMILES string of the molecule is C=Cc1ccc(O)c(OC)c1.C=Cc1cccc(OC)c1.COc1cc(C(C)=O)ccc1O.COc1ccccc1O. The lowest BCUT2D eigenvalue weighted by Crippen LogP contribution is -1.92. The third-order valence-electron chi connectivity index (χ3n) is 5.44. The Labute approximate surface area is 247 Å². The molecular formula is C34H38O8. The smallest absolute Gasteiger partial charge is 0.161 e. The monoisotopic (exact) mass is 574 g/mol. The van der Waals surface area contributed by atoms with Crippen LogP contribution in [0.15, 0.2) is 98.1 Å². The van der Waals surface area contributed by atoms with Gasteiger partial charge in [-0.1, -0.05) is 55.6 Å². The minimum absolute atomic E-state index is 0.0440. The quantitative estimate of drug-likeness (QED) is 0.196. The van der Waals surface area contributed by atoms with Gasteiger partial charge in [0.15, 0.2) is 40.3 Å². The van der Waals surface area contributed by atoms with E-state index in [4.69, 9.17) is 24.1 Å². The number of Topliss-reactive ketones (excluding diaryl/α,β-unsaturated/α-hetero) is 1. The minimum Gasteiger partial charge on any atom is -0.504 e. The number of hydrogen-bond acceptors (Lipinski definition) is 8. The van der Waals surface area contributed by atoms with E-state index >= 15 is 0 Å². The molecule has 0 aliphatic carbocycles. The zero-order valence-corrected chi connectivity index (χ0v) is 24.5. The fraction of sp³-hybridized carbons (Fsp3) is 0.147. The van der Waals surface area contributed by atoms with Crippen LogP contribution >= 0.6 is 0 Å². The molecule has 4 aromatic rings. The molecule has 0 saturated carbocycles. The first-order chi connectivity index (χ1) is 20.1. The van der Waals surface area contributed by atoms with Gasteiger partial charge in [0, 0.05) is 5.56 Å². The molecule has 0 aliphatic rings. The summed E-state index contributed by atoms with van der Waals surface area (Å²) in [5.41, 5.74) is 2.55. The molecular weight excluding hydrogens is 536 g/mol. The van der Waals surface area contributed by atoms with Gasteiger partial charge in [-0.3, -0.25) is 4.79 Å². The van der Waals surface area contributed by atoms with Gasteiger partial charge in [0.2, 0.25) is 0 Å². The number of carbonyl (C=O) groups excluding carboxylic acids is 1. The topological polar surface area (TPSA) is 115 Å². The molecule has 0 saturated heterocycles. The van der Waals surface area contributed by atoms with Crippen LogP contribution in [0.1, 0.15) is 28.4 Å². The number of phenols is 3. The Hall–Kier alpha value is -5.37. The number of para-hydroxylation sites is 2. The molecule has 0 radical (unpaired) electrons. The van der Waals surface area contributed by atoms with Crippen LogP contribution in [0.3, 0.4) is 0 Å². The third-order valence-corrected chi connectivity index (χ3v) is 5.44. The molecule has 0 unspecified atom stereocenters. The first kappa shape index (κ1) is 34.7. The minimum atomic E-state index is -0.0479. The van der Waals surface area contributed by atoms with E-state index < -0.39 is 0 Å². The Morgan fingerprint density at radius 2 is 1.12 bits per heavy atom. The molecule has 8 heteroatoms. The normalized spacial score (nSPS) is 9.17. The van der Waals surface area contributed by atoms with Crippen LogP contribution in [0.25, 0.3) is 12.2 Å². The molecule has 4 rings (SSSR count). The van der Waals surface area contributed by atoms with Gasteiger partial charge >= 0.3 is 0 Å². The van der Waals surface area contributed by atoms with Gasteiger partial charge in [-0.25, -0.2) is 0 Å². The van der Waals surface area contributed by atoms with Crippen molar-refractivity contribution in [1.29, 1.82) is 0 Å². The summed E-state index contributed by atoms with van der Waals surface area (Å²) < 4.78 is 19.5. The summed E-state index contributed by atoms with van der Waals surface area (Å²) in [5, 5.41) is 27.3. The van der Waals surface area contributed by atoms with Crippen LogP contribution in [0.2, 0.25) is 0 Å². The highest BCUT2D eigenvalue weighted by Crippen LogP contribution is 2.27. The maximum absolute atomic E-state index is 10.9. The van der Waals surface area contributed by atoms with Crippen molar-refractivity contribution in [3.05, 3.63) is 115 Å². The zero-order chi connectivity index (χ0) is 31.5. The van der Waals surface area contributed by atoms with E-state index in [1.54, 1.807) is 67.8 Å². The second-order valence-electron chi connectivity index (χ2n) is 8.23. The highest BCUT2D eigenvalue weighted by atomic mass is 16.5. The molecule has 0 aromatic heterocycles. The van der Waals surface area contributed by atoms with Gasteiger partial charge in [0.05, 0.1) is 28.4 Å². The van der Waals surface area contributed by atoms with E-state index in [1.807, 2.05) is 24.3 Å². The number of methoxy groups -OCH3 is 4. The standard InChI is InChI=1S/C9H10O3.C9H10O2.C9H10O.C7H8O2/c1-6(10)7-3-4-8(11)9(5-7)12-2;1-3-7-4-5-8(10)9(6-7)11-2;1-3-8-5-4-6-9(7-8)10-2;1-9-7-5-3-2-4-6(7)8/h3-5,11H,1-2H3;3-6,10H,1H2,2H3;3-7H,1H2,2H3;2-5,8H,1H3. The largest absolute Gasteiger partial charge is 0.504 e. The molecule has 4 aromatic carbocycles. The highest BCUT2D eigenvalue weighted by Gasteiger charge is 2.05. The van der Waals surface area contributed by atoms with Crippen molar-refractivity contribution < 1.29 is 39.1 Å². The zero-order valence-electron chi connectivity index (χ0n) is 24.5. The van der Waals surface area contributed by atoms with Crippen molar-refractivity contribution in [2.75, 3.05) is 28.4 Å². The molecule has 222 valence electrons. The predicted octanol–water partition coefficient (Wildman–Crippen LogP) is 7.39. The van der Waals surface area contributed by atoms with Crippen molar-refractivity contribution >= 4 is 17.9 Å². The molecule has 0 amide bonds. The molecule has 0 fully saturated rings. The fourth-order valence-electron chi connectivity index (χ4n) is 3.12. The van der Waals surface area contributed by atoms with Gasteiger partial charge in [-0.15, -0.1) is 0 Å². The maximum Gasteiger partial charge on any atom is 0.161 e. The summed E-state index contributed by atoms with van der Waals surface area (Å²) in [6.07, 6.45) is 3.49. The lowest BCUT2D eigenvalue weighted by atomic mass is 10.1. The number of hydrogen-bond donors (Lipinski definition) is 3. The Balaban J connectivity index is 0.000000281. The number of ether oxygens (including phenoxy) is 4. The number of rotatable bonds is 7. The lowest BCUT2D eigenvalue weighted by Gasteiger charge is -2.03. The van der Waals surface area contributed by atoms with Crippen molar-refractivity contribution in [2.24, 2.45) is 0 Å². The molecule has 42 heavy (non-hydrogen) atoms. The number of benzene rings is 4. The van der Waals surface area contributed by atoms with E-state index in [1.165, 1.54) is 40.4 Å². The van der Waals surface area contributed by atoms with Gasteiger partial charge in [-0.2, -0.15) is 0 Å². The van der Waals surface area contributed by atoms with Crippen molar-refractivity contribution in [3.63, 3.8) is 0 Å². The van der Waals surface area contributed by atoms with E-state index in [0.717, 1.165) is 16.9 Å². The first-order valence-electron chi connectivity index (χ1n) is 12.6. The average Bonchev–Trinajstić information content (AvgIpc) is 3.02. The van der Waals surface area contributed by atoms with Crippen molar-refractivity contribution in [3.8, 4) is 40.2 Å². The number of carbonyl (C=O) groups is 1. The molecule has 3 N–H and O–H groups in total. The highest BCUT2D eigenvalue weighted by molar-refractivity contribution is 5.94. The summed E-state index contributed by atoms with van der Waals surface area (Å²) >= 11 is 0. The molecule has 0 bridgehead atoms. The Morgan fingerprint density at radius 1 is 0.595 bits per heavy atom. The summed E-state index contributed by atoms with van der Waals surface area (Å²) in [6.45, 7) is 8.71. The predicted molar refractivity (Wildman–Crippen MR) is 167 cm³/mol. The summed E-state index contributed by atoms with van der Waals surface area (Å²) in [7, 11) is 6.14. The summed E-state index contributed by atoms with van der Waals surface area (Å²) in [4.78, 5) is 10.9. The van der Waals surface area contributed by atoms with Crippen LogP contribution in [-0.4, -0.2) is 49.5 Å². The summed E-state index contributed by atoms with van der Waals surface area (Å²) in [6, 6.07) is 24.2. The molecule has 0 heterocycles. The van der Waals surface area contributed by atoms with Crippen LogP contribution in [0, 0.1) is 0 Å². The van der Waals surface area contributed by atoms with E-state index in [2.05, 4.69) is 13.2 Å². The Kier molecular flexibility index (Phi) is 15.5.